The zero-order valence-corrected chi connectivity index (χ0v) is 14.8. The highest BCUT2D eigenvalue weighted by atomic mass is 16.6. The van der Waals surface area contributed by atoms with E-state index in [1.54, 1.807) is 18.2 Å². The van der Waals surface area contributed by atoms with Crippen LogP contribution < -0.4 is 10.7 Å². The minimum atomic E-state index is -0.938. The number of nitro benzene ring substituents is 1. The van der Waals surface area contributed by atoms with Crippen molar-refractivity contribution in [2.45, 2.75) is 26.2 Å². The summed E-state index contributed by atoms with van der Waals surface area (Å²) < 4.78 is 0. The molecule has 0 aliphatic heterocycles. The van der Waals surface area contributed by atoms with Crippen LogP contribution in [-0.2, 0) is 16.0 Å². The van der Waals surface area contributed by atoms with Crippen LogP contribution in [0.5, 0.6) is 0 Å². The molecule has 0 saturated heterocycles. The number of aryl methyl sites for hydroxylation is 1. The highest BCUT2D eigenvalue weighted by molar-refractivity contribution is 6.39. The van der Waals surface area contributed by atoms with E-state index in [1.807, 2.05) is 12.1 Å². The number of hydrogen-bond acceptors (Lipinski definition) is 5. The van der Waals surface area contributed by atoms with E-state index in [4.69, 9.17) is 0 Å². The van der Waals surface area contributed by atoms with E-state index in [1.165, 1.54) is 30.0 Å². The molecule has 2 N–H and O–H groups in total. The number of carbonyl (C=O) groups excluding carboxylic acids is 2. The lowest BCUT2D eigenvalue weighted by molar-refractivity contribution is -0.384. The number of nitrogens with zero attached hydrogens (tertiary/aromatic N) is 2. The third-order valence-electron chi connectivity index (χ3n) is 3.70. The molecule has 0 spiro atoms. The van der Waals surface area contributed by atoms with E-state index in [-0.39, 0.29) is 5.69 Å². The molecule has 2 aromatic rings. The first kappa shape index (κ1) is 19.8. The van der Waals surface area contributed by atoms with Crippen molar-refractivity contribution in [1.82, 2.24) is 5.43 Å². The van der Waals surface area contributed by atoms with Gasteiger partial charge in [0.2, 0.25) is 0 Å². The molecular formula is C19H20N4O4. The van der Waals surface area contributed by atoms with Gasteiger partial charge < -0.3 is 5.32 Å². The van der Waals surface area contributed by atoms with E-state index < -0.39 is 16.7 Å². The van der Waals surface area contributed by atoms with Gasteiger partial charge in [0.1, 0.15) is 0 Å². The Labute approximate surface area is 156 Å². The Balaban J connectivity index is 1.87. The van der Waals surface area contributed by atoms with Crippen LogP contribution in [0.15, 0.2) is 53.6 Å². The summed E-state index contributed by atoms with van der Waals surface area (Å²) in [5, 5.41) is 16.8. The molecular weight excluding hydrogens is 348 g/mol. The second kappa shape index (κ2) is 9.81. The summed E-state index contributed by atoms with van der Waals surface area (Å²) in [7, 11) is 0. The molecule has 140 valence electrons. The molecule has 0 heterocycles. The average molecular weight is 368 g/mol. The maximum Gasteiger partial charge on any atom is 0.329 e. The maximum atomic E-state index is 11.9. The topological polar surface area (TPSA) is 114 Å². The molecule has 0 atom stereocenters. The Bertz CT molecular complexity index is 847. The van der Waals surface area contributed by atoms with E-state index in [0.717, 1.165) is 19.3 Å². The van der Waals surface area contributed by atoms with Gasteiger partial charge in [-0.3, -0.25) is 19.7 Å². The van der Waals surface area contributed by atoms with E-state index >= 15 is 0 Å². The number of hydrazone groups is 1. The number of amides is 2. The Kier molecular flexibility index (Phi) is 7.18. The minimum absolute atomic E-state index is 0.0922. The summed E-state index contributed by atoms with van der Waals surface area (Å²) in [6.45, 7) is 2.12. The molecule has 0 fully saturated rings. The number of rotatable bonds is 7. The van der Waals surface area contributed by atoms with Crippen molar-refractivity contribution in [3.05, 3.63) is 69.8 Å². The highest BCUT2D eigenvalue weighted by Crippen LogP contribution is 2.12. The second-order valence-corrected chi connectivity index (χ2v) is 5.81. The zero-order valence-electron chi connectivity index (χ0n) is 14.8. The van der Waals surface area contributed by atoms with Gasteiger partial charge >= 0.3 is 11.8 Å². The third kappa shape index (κ3) is 6.35. The van der Waals surface area contributed by atoms with Gasteiger partial charge in [0.05, 0.1) is 11.1 Å². The number of carbonyl (C=O) groups is 2. The Morgan fingerprint density at radius 3 is 2.56 bits per heavy atom. The van der Waals surface area contributed by atoms with E-state index in [0.29, 0.717) is 11.3 Å². The van der Waals surface area contributed by atoms with Crippen molar-refractivity contribution >= 4 is 29.4 Å². The van der Waals surface area contributed by atoms with Gasteiger partial charge in [-0.15, -0.1) is 0 Å². The molecule has 2 rings (SSSR count). The molecule has 0 aliphatic rings. The van der Waals surface area contributed by atoms with Gasteiger partial charge in [0.15, 0.2) is 0 Å². The van der Waals surface area contributed by atoms with Crippen LogP contribution in [0.1, 0.15) is 30.9 Å². The van der Waals surface area contributed by atoms with Gasteiger partial charge in [-0.25, -0.2) is 5.43 Å². The fourth-order valence-corrected chi connectivity index (χ4v) is 2.26. The molecule has 8 heteroatoms. The minimum Gasteiger partial charge on any atom is -0.318 e. The molecule has 0 aromatic heterocycles. The lowest BCUT2D eigenvalue weighted by Crippen LogP contribution is -2.32. The lowest BCUT2D eigenvalue weighted by atomic mass is 10.1. The molecule has 0 aliphatic carbocycles. The molecule has 27 heavy (non-hydrogen) atoms. The first-order chi connectivity index (χ1) is 13.0. The number of benzene rings is 2. The molecule has 0 radical (unpaired) electrons. The van der Waals surface area contributed by atoms with Crippen LogP contribution in [0.2, 0.25) is 0 Å². The molecule has 0 saturated carbocycles. The molecule has 0 bridgehead atoms. The molecule has 2 aromatic carbocycles. The van der Waals surface area contributed by atoms with Gasteiger partial charge in [-0.05, 0) is 30.5 Å². The number of hydrogen-bond donors (Lipinski definition) is 2. The number of anilines is 1. The van der Waals surface area contributed by atoms with Crippen molar-refractivity contribution in [3.63, 3.8) is 0 Å². The summed E-state index contributed by atoms with van der Waals surface area (Å²) in [6.07, 6.45) is 4.39. The van der Waals surface area contributed by atoms with Crippen LogP contribution in [-0.4, -0.2) is 23.0 Å². The van der Waals surface area contributed by atoms with Gasteiger partial charge in [0.25, 0.3) is 5.69 Å². The monoisotopic (exact) mass is 368 g/mol. The van der Waals surface area contributed by atoms with Crippen LogP contribution >= 0.6 is 0 Å². The van der Waals surface area contributed by atoms with Crippen molar-refractivity contribution < 1.29 is 14.5 Å². The fraction of sp³-hybridized carbons (Fsp3) is 0.211. The van der Waals surface area contributed by atoms with E-state index in [2.05, 4.69) is 22.8 Å². The highest BCUT2D eigenvalue weighted by Gasteiger charge is 2.12. The van der Waals surface area contributed by atoms with E-state index in [9.17, 15) is 19.7 Å². The lowest BCUT2D eigenvalue weighted by Gasteiger charge is -2.05. The largest absolute Gasteiger partial charge is 0.329 e. The van der Waals surface area contributed by atoms with Gasteiger partial charge in [-0.2, -0.15) is 5.10 Å². The third-order valence-corrected chi connectivity index (χ3v) is 3.70. The molecule has 0 unspecified atom stereocenters. The SMILES string of the molecule is CCCCc1ccc(NC(=O)C(=O)N/N=C/c2cccc([N+](=O)[O-])c2)cc1. The Morgan fingerprint density at radius 1 is 1.15 bits per heavy atom. The molecule has 2 amide bonds. The standard InChI is InChI=1S/C19H20N4O4/c1-2-3-5-14-8-10-16(11-9-14)21-18(24)19(25)22-20-13-15-6-4-7-17(12-15)23(26)27/h4,6-13H,2-3,5H2,1H3,(H,21,24)(H,22,25)/b20-13+. The van der Waals surface area contributed by atoms with Crippen LogP contribution in [0.4, 0.5) is 11.4 Å². The second-order valence-electron chi connectivity index (χ2n) is 5.81. The normalized spacial score (nSPS) is 10.6. The summed E-state index contributed by atoms with van der Waals surface area (Å²) in [6, 6.07) is 13.0. The predicted molar refractivity (Wildman–Crippen MR) is 103 cm³/mol. The van der Waals surface area contributed by atoms with Crippen LogP contribution in [0.25, 0.3) is 0 Å². The smallest absolute Gasteiger partial charge is 0.318 e. The number of unbranched alkanes of at least 4 members (excludes halogenated alkanes) is 1. The van der Waals surface area contributed by atoms with Gasteiger partial charge in [0, 0.05) is 23.4 Å². The summed E-state index contributed by atoms with van der Waals surface area (Å²) in [5.74, 6) is -1.79. The zero-order chi connectivity index (χ0) is 19.6. The first-order valence-electron chi connectivity index (χ1n) is 8.47. The number of nitrogens with one attached hydrogen (secondary N) is 2. The van der Waals surface area contributed by atoms with Crippen molar-refractivity contribution in [2.24, 2.45) is 5.10 Å². The number of nitro groups is 1. The fourth-order valence-electron chi connectivity index (χ4n) is 2.26. The van der Waals surface area contributed by atoms with Crippen molar-refractivity contribution in [1.29, 1.82) is 0 Å². The average Bonchev–Trinajstić information content (AvgIpc) is 2.67. The Morgan fingerprint density at radius 2 is 1.89 bits per heavy atom. The molecule has 8 nitrogen and oxygen atoms in total. The summed E-state index contributed by atoms with van der Waals surface area (Å²) in [4.78, 5) is 33.8. The summed E-state index contributed by atoms with van der Waals surface area (Å²) in [5.41, 5.74) is 4.10. The van der Waals surface area contributed by atoms with Crippen LogP contribution in [0.3, 0.4) is 0 Å². The van der Waals surface area contributed by atoms with Crippen molar-refractivity contribution in [3.8, 4) is 0 Å². The first-order valence-corrected chi connectivity index (χ1v) is 8.47. The maximum absolute atomic E-state index is 11.9. The predicted octanol–water partition coefficient (Wildman–Crippen LogP) is 3.03. The van der Waals surface area contributed by atoms with Crippen LogP contribution in [0, 0.1) is 10.1 Å². The van der Waals surface area contributed by atoms with Gasteiger partial charge in [-0.1, -0.05) is 37.6 Å². The number of non-ortho nitro benzene ring substituents is 1. The Hall–Kier alpha value is -3.55. The summed E-state index contributed by atoms with van der Waals surface area (Å²) >= 11 is 0. The quantitative estimate of drug-likeness (QED) is 0.338. The van der Waals surface area contributed by atoms with Crippen molar-refractivity contribution in [2.75, 3.05) is 5.32 Å².